The van der Waals surface area contributed by atoms with Gasteiger partial charge in [0.05, 0.1) is 26.9 Å². The number of halogens is 2. The van der Waals surface area contributed by atoms with Crippen LogP contribution in [0.1, 0.15) is 5.56 Å². The van der Waals surface area contributed by atoms with E-state index in [4.69, 9.17) is 32.9 Å². The number of piperazine rings is 1. The van der Waals surface area contributed by atoms with Crippen molar-refractivity contribution in [2.75, 3.05) is 44.2 Å². The van der Waals surface area contributed by atoms with E-state index in [1.165, 1.54) is 10.9 Å². The molecule has 5 nitrogen and oxygen atoms in total. The number of fused-ring (bicyclic) bond motifs is 1. The van der Waals surface area contributed by atoms with Gasteiger partial charge < -0.3 is 14.7 Å². The van der Waals surface area contributed by atoms with Crippen LogP contribution in [0.2, 0.25) is 10.0 Å². The van der Waals surface area contributed by atoms with Crippen LogP contribution in [-0.4, -0.2) is 60.4 Å². The van der Waals surface area contributed by atoms with Gasteiger partial charge in [-0.25, -0.2) is 4.98 Å². The molecule has 0 bridgehead atoms. The predicted molar refractivity (Wildman–Crippen MR) is 149 cm³/mol. The molecule has 0 amide bonds. The Labute approximate surface area is 221 Å². The number of para-hydroxylation sites is 1. The average Bonchev–Trinajstić information content (AvgIpc) is 2.90. The molecule has 2 heterocycles. The van der Waals surface area contributed by atoms with Gasteiger partial charge in [-0.05, 0) is 61.0 Å². The number of hydrogen-bond acceptors (Lipinski definition) is 5. The second-order valence-corrected chi connectivity index (χ2v) is 9.98. The molecular formula is C29H29Cl2N3O2. The quantitative estimate of drug-likeness (QED) is 0.319. The number of hydrogen-bond donors (Lipinski definition) is 1. The molecule has 5 rings (SSSR count). The number of aliphatic hydroxyl groups is 1. The van der Waals surface area contributed by atoms with Crippen LogP contribution in [0.15, 0.2) is 72.8 Å². The lowest BCUT2D eigenvalue weighted by molar-refractivity contribution is 0.0663. The topological polar surface area (TPSA) is 48.8 Å². The predicted octanol–water partition coefficient (Wildman–Crippen LogP) is 6.08. The molecule has 1 aliphatic rings. The highest BCUT2D eigenvalue weighted by molar-refractivity contribution is 6.43. The van der Waals surface area contributed by atoms with Crippen molar-refractivity contribution in [3.05, 3.63) is 88.4 Å². The van der Waals surface area contributed by atoms with Gasteiger partial charge in [0.15, 0.2) is 0 Å². The Hall–Kier alpha value is -2.83. The standard InChI is InChI=1S/C29H29Cl2N3O2/c1-20-17-27(32-26-7-3-2-5-24(20)26)21-9-11-23(12-10-21)36-19-22(35)18-33-13-15-34(16-14-33)28-8-4-6-25(30)29(28)31/h2-12,17,22,35H,13-16,18-19H2,1H3. The Bertz CT molecular complexity index is 1340. The van der Waals surface area contributed by atoms with Gasteiger partial charge in [0.2, 0.25) is 0 Å². The Morgan fingerprint density at radius 3 is 2.47 bits per heavy atom. The van der Waals surface area contributed by atoms with Gasteiger partial charge in [0, 0.05) is 43.7 Å². The lowest BCUT2D eigenvalue weighted by atomic mass is 10.1. The van der Waals surface area contributed by atoms with Gasteiger partial charge in [0.1, 0.15) is 18.5 Å². The summed E-state index contributed by atoms with van der Waals surface area (Å²) in [6.07, 6.45) is -0.573. The summed E-state index contributed by atoms with van der Waals surface area (Å²) in [6, 6.07) is 23.9. The van der Waals surface area contributed by atoms with Crippen molar-refractivity contribution in [2.24, 2.45) is 0 Å². The molecule has 1 aromatic heterocycles. The smallest absolute Gasteiger partial charge is 0.119 e. The third-order valence-corrected chi connectivity index (χ3v) is 7.44. The molecule has 36 heavy (non-hydrogen) atoms. The molecule has 0 aliphatic carbocycles. The van der Waals surface area contributed by atoms with Crippen molar-refractivity contribution in [3.63, 3.8) is 0 Å². The molecule has 1 aliphatic heterocycles. The highest BCUT2D eigenvalue weighted by Crippen LogP contribution is 2.33. The molecule has 1 unspecified atom stereocenters. The van der Waals surface area contributed by atoms with Gasteiger partial charge in [-0.2, -0.15) is 0 Å². The Kier molecular flexibility index (Phi) is 7.63. The minimum atomic E-state index is -0.573. The molecule has 3 aromatic carbocycles. The number of aromatic nitrogens is 1. The first kappa shape index (κ1) is 24.8. The number of anilines is 1. The highest BCUT2D eigenvalue weighted by atomic mass is 35.5. The summed E-state index contributed by atoms with van der Waals surface area (Å²) in [5, 5.41) is 12.9. The summed E-state index contributed by atoms with van der Waals surface area (Å²) in [7, 11) is 0. The molecule has 0 spiro atoms. The molecule has 0 radical (unpaired) electrons. The number of benzene rings is 3. The van der Waals surface area contributed by atoms with Crippen LogP contribution >= 0.6 is 23.2 Å². The maximum atomic E-state index is 10.6. The fraction of sp³-hybridized carbons (Fsp3) is 0.276. The third kappa shape index (κ3) is 5.60. The number of pyridine rings is 1. The van der Waals surface area contributed by atoms with E-state index in [9.17, 15) is 5.11 Å². The van der Waals surface area contributed by atoms with Crippen molar-refractivity contribution < 1.29 is 9.84 Å². The summed E-state index contributed by atoms with van der Waals surface area (Å²) >= 11 is 12.5. The molecule has 1 N–H and O–H groups in total. The zero-order chi connectivity index (χ0) is 25.1. The summed E-state index contributed by atoms with van der Waals surface area (Å²) in [4.78, 5) is 9.29. The van der Waals surface area contributed by atoms with Crippen LogP contribution in [0.25, 0.3) is 22.2 Å². The molecule has 1 atom stereocenters. The highest BCUT2D eigenvalue weighted by Gasteiger charge is 2.21. The number of nitrogens with zero attached hydrogens (tertiary/aromatic N) is 3. The Morgan fingerprint density at radius 1 is 0.944 bits per heavy atom. The first-order valence-electron chi connectivity index (χ1n) is 12.2. The Balaban J connectivity index is 1.12. The summed E-state index contributed by atoms with van der Waals surface area (Å²) in [5.41, 5.74) is 5.14. The number of ether oxygens (including phenoxy) is 1. The van der Waals surface area contributed by atoms with Gasteiger partial charge in [-0.3, -0.25) is 4.90 Å². The summed E-state index contributed by atoms with van der Waals surface area (Å²) in [5.74, 6) is 0.732. The number of rotatable bonds is 7. The van der Waals surface area contributed by atoms with Crippen molar-refractivity contribution in [2.45, 2.75) is 13.0 Å². The first-order valence-corrected chi connectivity index (χ1v) is 12.9. The van der Waals surface area contributed by atoms with E-state index in [0.29, 0.717) is 16.6 Å². The van der Waals surface area contributed by atoms with Crippen LogP contribution in [0, 0.1) is 6.92 Å². The minimum absolute atomic E-state index is 0.243. The minimum Gasteiger partial charge on any atom is -0.491 e. The van der Waals surface area contributed by atoms with Gasteiger partial charge >= 0.3 is 0 Å². The van der Waals surface area contributed by atoms with Crippen LogP contribution in [0.5, 0.6) is 5.75 Å². The molecule has 4 aromatic rings. The molecular weight excluding hydrogens is 493 g/mol. The first-order chi connectivity index (χ1) is 17.5. The molecule has 7 heteroatoms. The number of β-amino-alcohol motifs (C(OH)–C–C–N with tert-alkyl or cyclic N) is 1. The van der Waals surface area contributed by atoms with Crippen LogP contribution in [-0.2, 0) is 0 Å². The van der Waals surface area contributed by atoms with E-state index in [1.54, 1.807) is 6.07 Å². The largest absolute Gasteiger partial charge is 0.491 e. The van der Waals surface area contributed by atoms with Crippen LogP contribution in [0.3, 0.4) is 0 Å². The van der Waals surface area contributed by atoms with Gasteiger partial charge in [-0.1, -0.05) is 47.5 Å². The summed E-state index contributed by atoms with van der Waals surface area (Å²) in [6.45, 7) is 6.26. The van der Waals surface area contributed by atoms with Crippen molar-refractivity contribution in [1.82, 2.24) is 9.88 Å². The SMILES string of the molecule is Cc1cc(-c2ccc(OCC(O)CN3CCN(c4cccc(Cl)c4Cl)CC3)cc2)nc2ccccc12. The van der Waals surface area contributed by atoms with E-state index < -0.39 is 6.10 Å². The van der Waals surface area contributed by atoms with Gasteiger partial charge in [-0.15, -0.1) is 0 Å². The zero-order valence-electron chi connectivity index (χ0n) is 20.2. The van der Waals surface area contributed by atoms with E-state index in [0.717, 1.165) is 54.4 Å². The van der Waals surface area contributed by atoms with Crippen molar-refractivity contribution >= 4 is 39.8 Å². The monoisotopic (exact) mass is 521 g/mol. The Morgan fingerprint density at radius 2 is 1.69 bits per heavy atom. The van der Waals surface area contributed by atoms with E-state index in [1.807, 2.05) is 54.6 Å². The van der Waals surface area contributed by atoms with Crippen LogP contribution < -0.4 is 9.64 Å². The lowest BCUT2D eigenvalue weighted by Gasteiger charge is -2.37. The van der Waals surface area contributed by atoms with Crippen LogP contribution in [0.4, 0.5) is 5.69 Å². The van der Waals surface area contributed by atoms with Crippen molar-refractivity contribution in [1.29, 1.82) is 0 Å². The van der Waals surface area contributed by atoms with E-state index in [2.05, 4.69) is 28.9 Å². The zero-order valence-corrected chi connectivity index (χ0v) is 21.7. The summed E-state index contributed by atoms with van der Waals surface area (Å²) < 4.78 is 5.87. The molecule has 1 saturated heterocycles. The fourth-order valence-electron chi connectivity index (χ4n) is 4.67. The fourth-order valence-corrected chi connectivity index (χ4v) is 5.09. The van der Waals surface area contributed by atoms with Gasteiger partial charge in [0.25, 0.3) is 0 Å². The van der Waals surface area contributed by atoms with E-state index >= 15 is 0 Å². The number of aliphatic hydroxyl groups excluding tert-OH is 1. The molecule has 0 saturated carbocycles. The average molecular weight is 522 g/mol. The second-order valence-electron chi connectivity index (χ2n) is 9.19. The molecule has 1 fully saturated rings. The maximum absolute atomic E-state index is 10.6. The second kappa shape index (κ2) is 11.1. The number of aryl methyl sites for hydroxylation is 1. The normalized spacial score (nSPS) is 15.3. The van der Waals surface area contributed by atoms with E-state index in [-0.39, 0.29) is 6.61 Å². The van der Waals surface area contributed by atoms with Crippen molar-refractivity contribution in [3.8, 4) is 17.0 Å². The lowest BCUT2D eigenvalue weighted by Crippen LogP contribution is -2.49. The third-order valence-electron chi connectivity index (χ3n) is 6.63. The maximum Gasteiger partial charge on any atom is 0.119 e. The molecule has 186 valence electrons.